The van der Waals surface area contributed by atoms with Crippen LogP contribution in [0.1, 0.15) is 46.6 Å². The second-order valence-corrected chi connectivity index (χ2v) is 12.3. The zero-order valence-electron chi connectivity index (χ0n) is 29.1. The molecule has 52 heavy (non-hydrogen) atoms. The van der Waals surface area contributed by atoms with Gasteiger partial charge in [0.25, 0.3) is 0 Å². The van der Waals surface area contributed by atoms with E-state index >= 15 is 0 Å². The fraction of sp³-hybridized carbons (Fsp3) is 0.310. The van der Waals surface area contributed by atoms with Crippen molar-refractivity contribution in [3.05, 3.63) is 125 Å². The summed E-state index contributed by atoms with van der Waals surface area (Å²) in [5.41, 5.74) is 8.17. The molecule has 1 aliphatic heterocycles. The highest BCUT2D eigenvalue weighted by atomic mass is 16.6. The van der Waals surface area contributed by atoms with E-state index in [1.165, 1.54) is 22.3 Å². The van der Waals surface area contributed by atoms with Gasteiger partial charge in [0, 0.05) is 43.0 Å². The molecule has 1 heterocycles. The minimum Gasteiger partial charge on any atom is -0.449 e. The minimum absolute atomic E-state index is 0.0183. The number of nitrogens with one attached hydrogen (secondary N) is 2. The van der Waals surface area contributed by atoms with Gasteiger partial charge in [-0.1, -0.05) is 90.7 Å². The van der Waals surface area contributed by atoms with Gasteiger partial charge in [0.15, 0.2) is 0 Å². The van der Waals surface area contributed by atoms with Crippen LogP contribution in [0.15, 0.2) is 97.1 Å². The first-order valence-electron chi connectivity index (χ1n) is 17.7. The van der Waals surface area contributed by atoms with E-state index in [0.29, 0.717) is 46.1 Å². The predicted molar refractivity (Wildman–Crippen MR) is 198 cm³/mol. The molecule has 0 unspecified atom stereocenters. The van der Waals surface area contributed by atoms with Crippen LogP contribution in [0.3, 0.4) is 0 Å². The smallest absolute Gasteiger partial charge is 0.407 e. The summed E-state index contributed by atoms with van der Waals surface area (Å²) >= 11 is 0. The molecule has 0 saturated heterocycles. The Morgan fingerprint density at radius 1 is 0.635 bits per heavy atom. The largest absolute Gasteiger partial charge is 0.449 e. The summed E-state index contributed by atoms with van der Waals surface area (Å²) in [7, 11) is 0. The Labute approximate surface area is 304 Å². The molecule has 6 rings (SSSR count). The fourth-order valence-electron chi connectivity index (χ4n) is 6.32. The number of anilines is 1. The number of fused-ring (bicyclic) bond motifs is 5. The van der Waals surface area contributed by atoms with Gasteiger partial charge < -0.3 is 34.5 Å². The number of para-hydroxylation sites is 1. The number of carbonyl (C=O) groups excluding carboxylic acids is 3. The van der Waals surface area contributed by atoms with Crippen LogP contribution in [0, 0.1) is 11.8 Å². The Kier molecular flexibility index (Phi) is 13.0. The molecule has 4 aromatic rings. The molecule has 0 radical (unpaired) electrons. The molecule has 0 bridgehead atoms. The van der Waals surface area contributed by atoms with Crippen LogP contribution < -0.4 is 15.5 Å². The average molecular weight is 702 g/mol. The van der Waals surface area contributed by atoms with E-state index in [1.54, 1.807) is 4.90 Å². The van der Waals surface area contributed by atoms with Gasteiger partial charge in [-0.05, 0) is 46.0 Å². The van der Waals surface area contributed by atoms with E-state index in [4.69, 9.17) is 18.9 Å². The molecule has 0 atom stereocenters. The van der Waals surface area contributed by atoms with Crippen LogP contribution in [0.25, 0.3) is 11.1 Å². The number of hydrogen-bond acceptors (Lipinski definition) is 7. The number of nitrogens with zero attached hydrogens (tertiary/aromatic N) is 1. The van der Waals surface area contributed by atoms with Crippen LogP contribution in [0.4, 0.5) is 10.5 Å². The lowest BCUT2D eigenvalue weighted by Gasteiger charge is -2.26. The second-order valence-electron chi connectivity index (χ2n) is 12.3. The summed E-state index contributed by atoms with van der Waals surface area (Å²) in [5, 5.41) is 5.55. The topological polar surface area (TPSA) is 115 Å². The third kappa shape index (κ3) is 9.65. The summed E-state index contributed by atoms with van der Waals surface area (Å²) in [6, 6.07) is 31.9. The lowest BCUT2D eigenvalue weighted by atomic mass is 9.98. The molecule has 268 valence electrons. The fourth-order valence-corrected chi connectivity index (χ4v) is 6.32. The maximum absolute atomic E-state index is 13.3. The van der Waals surface area contributed by atoms with Gasteiger partial charge >= 0.3 is 6.09 Å². The maximum Gasteiger partial charge on any atom is 0.407 e. The Morgan fingerprint density at radius 3 is 1.98 bits per heavy atom. The first kappa shape index (κ1) is 36.3. The summed E-state index contributed by atoms with van der Waals surface area (Å²) in [4.78, 5) is 39.7. The Balaban J connectivity index is 0.767. The van der Waals surface area contributed by atoms with Gasteiger partial charge in [0.1, 0.15) is 6.61 Å². The Bertz CT molecular complexity index is 1870. The normalized spacial score (nSPS) is 12.6. The molecule has 3 amide bonds. The Hall–Kier alpha value is -5.47. The van der Waals surface area contributed by atoms with Gasteiger partial charge in [0.05, 0.1) is 51.9 Å². The molecule has 2 N–H and O–H groups in total. The monoisotopic (exact) mass is 701 g/mol. The number of carbonyl (C=O) groups is 3. The second kappa shape index (κ2) is 18.7. The van der Waals surface area contributed by atoms with Crippen molar-refractivity contribution in [2.75, 3.05) is 64.2 Å². The quantitative estimate of drug-likeness (QED) is 0.112. The standard InChI is InChI=1S/C42H43N3O7/c46-40(43-21-19-41(47)45-29-33-11-2-1-9-31(33)17-18-32-10-3-8-16-39(32)45)20-23-49-25-27-51-28-26-50-24-22-44-42(48)52-30-38-36-14-6-4-12-34(36)35-13-5-7-15-37(35)38/h1-16,38H,19-30H2,(H,43,46)(H,44,48). The van der Waals surface area contributed by atoms with E-state index in [-0.39, 0.29) is 50.3 Å². The molecule has 2 aliphatic rings. The number of rotatable bonds is 17. The zero-order chi connectivity index (χ0) is 36.0. The lowest BCUT2D eigenvalue weighted by Crippen LogP contribution is -2.35. The summed E-state index contributed by atoms with van der Waals surface area (Å²) in [6.45, 7) is 3.27. The Morgan fingerprint density at radius 2 is 1.23 bits per heavy atom. The molecular weight excluding hydrogens is 658 g/mol. The minimum atomic E-state index is -0.474. The number of benzene rings is 4. The van der Waals surface area contributed by atoms with Crippen LogP contribution in [0.5, 0.6) is 0 Å². The van der Waals surface area contributed by atoms with E-state index < -0.39 is 6.09 Å². The van der Waals surface area contributed by atoms with Gasteiger partial charge in [-0.3, -0.25) is 9.59 Å². The van der Waals surface area contributed by atoms with E-state index in [9.17, 15) is 14.4 Å². The summed E-state index contributed by atoms with van der Waals surface area (Å²) < 4.78 is 22.1. The van der Waals surface area contributed by atoms with Crippen molar-refractivity contribution in [3.63, 3.8) is 0 Å². The van der Waals surface area contributed by atoms with Crippen molar-refractivity contribution < 1.29 is 33.3 Å². The number of hydrogen-bond donors (Lipinski definition) is 2. The van der Waals surface area contributed by atoms with Crippen molar-refractivity contribution in [3.8, 4) is 23.0 Å². The molecule has 10 nitrogen and oxygen atoms in total. The highest BCUT2D eigenvalue weighted by Gasteiger charge is 2.29. The van der Waals surface area contributed by atoms with Crippen molar-refractivity contribution in [1.82, 2.24) is 10.6 Å². The zero-order valence-corrected chi connectivity index (χ0v) is 29.1. The molecule has 1 aliphatic carbocycles. The van der Waals surface area contributed by atoms with Gasteiger partial charge in [0.2, 0.25) is 11.8 Å². The van der Waals surface area contributed by atoms with E-state index in [2.05, 4.69) is 46.7 Å². The predicted octanol–water partition coefficient (Wildman–Crippen LogP) is 5.42. The summed E-state index contributed by atoms with van der Waals surface area (Å²) in [5.74, 6) is 6.16. The SMILES string of the molecule is O=C(CCOCCOCCOCCNC(=O)OCC1c2ccccc2-c2ccccc21)NCCC(=O)N1Cc2ccccc2C#Cc2ccccc21. The van der Waals surface area contributed by atoms with Gasteiger partial charge in [-0.25, -0.2) is 4.79 Å². The lowest BCUT2D eigenvalue weighted by molar-refractivity contribution is -0.122. The first-order chi connectivity index (χ1) is 25.6. The number of alkyl carbamates (subject to hydrolysis) is 1. The van der Waals surface area contributed by atoms with Crippen molar-refractivity contribution in [2.24, 2.45) is 0 Å². The van der Waals surface area contributed by atoms with Gasteiger partial charge in [-0.2, -0.15) is 0 Å². The van der Waals surface area contributed by atoms with Crippen LogP contribution >= 0.6 is 0 Å². The molecule has 10 heteroatoms. The number of ether oxygens (including phenoxy) is 4. The first-order valence-corrected chi connectivity index (χ1v) is 17.7. The third-order valence-corrected chi connectivity index (χ3v) is 8.91. The van der Waals surface area contributed by atoms with Crippen LogP contribution in [-0.2, 0) is 35.1 Å². The average Bonchev–Trinajstić information content (AvgIpc) is 3.48. The summed E-state index contributed by atoms with van der Waals surface area (Å²) in [6.07, 6.45) is -0.126. The van der Waals surface area contributed by atoms with Crippen LogP contribution in [0.2, 0.25) is 0 Å². The van der Waals surface area contributed by atoms with E-state index in [0.717, 1.165) is 22.4 Å². The van der Waals surface area contributed by atoms with Gasteiger partial charge in [-0.15, -0.1) is 0 Å². The van der Waals surface area contributed by atoms with Crippen molar-refractivity contribution in [1.29, 1.82) is 0 Å². The number of amides is 3. The molecule has 0 spiro atoms. The molecular formula is C42H43N3O7. The molecule has 0 saturated carbocycles. The van der Waals surface area contributed by atoms with Crippen LogP contribution in [-0.4, -0.2) is 77.2 Å². The van der Waals surface area contributed by atoms with E-state index in [1.807, 2.05) is 72.8 Å². The molecule has 4 aromatic carbocycles. The highest BCUT2D eigenvalue weighted by Crippen LogP contribution is 2.44. The third-order valence-electron chi connectivity index (χ3n) is 8.91. The van der Waals surface area contributed by atoms with Crippen molar-refractivity contribution >= 4 is 23.6 Å². The maximum atomic E-state index is 13.3. The molecule has 0 aromatic heterocycles. The molecule has 0 fully saturated rings. The highest BCUT2D eigenvalue weighted by molar-refractivity contribution is 5.95. The van der Waals surface area contributed by atoms with Crippen molar-refractivity contribution in [2.45, 2.75) is 25.3 Å².